The number of aliphatic carboxylic acids is 1. The van der Waals surface area contributed by atoms with Gasteiger partial charge in [0.25, 0.3) is 0 Å². The third kappa shape index (κ3) is 5.16. The Morgan fingerprint density at radius 2 is 1.58 bits per heavy atom. The van der Waals surface area contributed by atoms with Crippen molar-refractivity contribution >= 4 is 23.5 Å². The third-order valence-electron chi connectivity index (χ3n) is 6.90. The molecule has 2 aliphatic rings. The summed E-state index contributed by atoms with van der Waals surface area (Å²) in [4.78, 5) is 42.1. The van der Waals surface area contributed by atoms with E-state index in [4.69, 9.17) is 4.74 Å². The van der Waals surface area contributed by atoms with Crippen molar-refractivity contribution in [3.8, 4) is 11.1 Å². The largest absolute Gasteiger partial charge is 0.479 e. The van der Waals surface area contributed by atoms with Gasteiger partial charge in [-0.2, -0.15) is 0 Å². The lowest BCUT2D eigenvalue weighted by atomic mass is 9.86. The van der Waals surface area contributed by atoms with E-state index in [9.17, 15) is 19.5 Å². The highest BCUT2D eigenvalue weighted by Gasteiger charge is 2.38. The number of hydrogen-bond acceptors (Lipinski definition) is 4. The highest BCUT2D eigenvalue weighted by molar-refractivity contribution is 6.40. The Morgan fingerprint density at radius 3 is 2.17 bits per heavy atom. The van der Waals surface area contributed by atoms with Crippen LogP contribution in [0.5, 0.6) is 0 Å². The summed E-state index contributed by atoms with van der Waals surface area (Å²) < 4.78 is 6.06. The molecule has 2 aromatic rings. The molecule has 1 atom stereocenters. The summed E-state index contributed by atoms with van der Waals surface area (Å²) in [6.07, 6.45) is 2.27. The summed E-state index contributed by atoms with van der Waals surface area (Å²) in [5.41, 5.74) is 4.93. The van der Waals surface area contributed by atoms with E-state index in [1.165, 1.54) is 0 Å². The number of aryl methyl sites for hydroxylation is 2. The number of ether oxygens (including phenoxy) is 1. The molecule has 2 aliphatic heterocycles. The topological polar surface area (TPSA) is 87.1 Å². The number of nitrogens with zero attached hydrogens (tertiary/aromatic N) is 2. The Hall–Kier alpha value is -3.19. The van der Waals surface area contributed by atoms with Crippen LogP contribution in [-0.2, 0) is 25.5 Å². The van der Waals surface area contributed by atoms with Crippen LogP contribution < -0.4 is 4.90 Å². The number of likely N-dealkylation sites (tertiary alicyclic amines) is 1. The minimum absolute atomic E-state index is 0.382. The third-order valence-corrected chi connectivity index (χ3v) is 6.90. The first-order chi connectivity index (χ1) is 17.0. The number of carboxylic acids is 1. The quantitative estimate of drug-likeness (QED) is 0.619. The van der Waals surface area contributed by atoms with Crippen molar-refractivity contribution in [2.45, 2.75) is 72.0 Å². The standard InChI is InChI=1S/C29H36N2O5/c1-18-9-11-20(12-10-18)24-21-13-16-31(27(33)26(32)30-14-7-6-8-15-30)22(21)17-19(2)23(24)25(28(34)35)36-29(3,4)5/h9-12,17,25H,6-8,13-16H2,1-5H3,(H,34,35). The second-order valence-electron chi connectivity index (χ2n) is 10.9. The molecule has 2 amide bonds. The van der Waals surface area contributed by atoms with Gasteiger partial charge in [-0.3, -0.25) is 9.59 Å². The maximum atomic E-state index is 13.3. The normalized spacial score (nSPS) is 16.6. The van der Waals surface area contributed by atoms with Crippen LogP contribution in [0, 0.1) is 13.8 Å². The van der Waals surface area contributed by atoms with Crippen molar-refractivity contribution in [2.75, 3.05) is 24.5 Å². The zero-order chi connectivity index (χ0) is 26.2. The fourth-order valence-electron chi connectivity index (χ4n) is 5.23. The van der Waals surface area contributed by atoms with Gasteiger partial charge in [-0.05, 0) is 88.6 Å². The highest BCUT2D eigenvalue weighted by atomic mass is 16.5. The van der Waals surface area contributed by atoms with Crippen LogP contribution >= 0.6 is 0 Å². The predicted octanol–water partition coefficient (Wildman–Crippen LogP) is 4.81. The average molecular weight is 493 g/mol. The minimum atomic E-state index is -1.17. The van der Waals surface area contributed by atoms with Crippen LogP contribution in [0.2, 0.25) is 0 Å². The van der Waals surface area contributed by atoms with Gasteiger partial charge in [0, 0.05) is 30.9 Å². The van der Waals surface area contributed by atoms with E-state index >= 15 is 0 Å². The van der Waals surface area contributed by atoms with E-state index in [1.54, 1.807) is 9.80 Å². The van der Waals surface area contributed by atoms with Crippen molar-refractivity contribution in [3.05, 3.63) is 52.6 Å². The Labute approximate surface area is 213 Å². The minimum Gasteiger partial charge on any atom is -0.479 e. The number of carbonyl (C=O) groups is 3. The number of benzene rings is 2. The van der Waals surface area contributed by atoms with Gasteiger partial charge < -0.3 is 19.6 Å². The number of fused-ring (bicyclic) bond motifs is 1. The van der Waals surface area contributed by atoms with Crippen molar-refractivity contribution < 1.29 is 24.2 Å². The molecular formula is C29H36N2O5. The Balaban J connectivity index is 1.84. The smallest absolute Gasteiger partial charge is 0.337 e. The zero-order valence-corrected chi connectivity index (χ0v) is 21.9. The highest BCUT2D eigenvalue weighted by Crippen LogP contribution is 2.44. The van der Waals surface area contributed by atoms with Gasteiger partial charge in [-0.25, -0.2) is 4.79 Å². The molecule has 0 aliphatic carbocycles. The van der Waals surface area contributed by atoms with Crippen LogP contribution in [0.1, 0.15) is 68.4 Å². The fourth-order valence-corrected chi connectivity index (χ4v) is 5.23. The SMILES string of the molecule is Cc1ccc(-c2c3c(cc(C)c2C(OC(C)(C)C)C(=O)O)N(C(=O)C(=O)N2CCCCC2)CC3)cc1. The van der Waals surface area contributed by atoms with Gasteiger partial charge in [0.1, 0.15) is 0 Å². The molecule has 36 heavy (non-hydrogen) atoms. The van der Waals surface area contributed by atoms with Crippen LogP contribution in [-0.4, -0.2) is 53.0 Å². The lowest BCUT2D eigenvalue weighted by Gasteiger charge is -2.30. The molecule has 0 radical (unpaired) electrons. The number of anilines is 1. The molecule has 1 fully saturated rings. The molecule has 4 rings (SSSR count). The lowest BCUT2D eigenvalue weighted by Crippen LogP contribution is -2.46. The first kappa shape index (κ1) is 25.9. The van der Waals surface area contributed by atoms with E-state index in [0.29, 0.717) is 42.9 Å². The lowest BCUT2D eigenvalue weighted by molar-refractivity contribution is -0.160. The molecule has 192 valence electrons. The predicted molar refractivity (Wildman–Crippen MR) is 139 cm³/mol. The molecule has 0 aromatic heterocycles. The van der Waals surface area contributed by atoms with Crippen molar-refractivity contribution in [2.24, 2.45) is 0 Å². The molecule has 1 saturated heterocycles. The average Bonchev–Trinajstić information content (AvgIpc) is 3.24. The summed E-state index contributed by atoms with van der Waals surface area (Å²) in [6.45, 7) is 11.0. The number of carbonyl (C=O) groups excluding carboxylic acids is 2. The van der Waals surface area contributed by atoms with E-state index in [1.807, 2.05) is 65.0 Å². The Kier molecular flexibility index (Phi) is 7.23. The van der Waals surface area contributed by atoms with E-state index in [0.717, 1.165) is 41.5 Å². The summed E-state index contributed by atoms with van der Waals surface area (Å²) in [6, 6.07) is 9.79. The van der Waals surface area contributed by atoms with Gasteiger partial charge in [0.15, 0.2) is 6.10 Å². The summed E-state index contributed by atoms with van der Waals surface area (Å²) in [5, 5.41) is 10.2. The van der Waals surface area contributed by atoms with Gasteiger partial charge in [-0.1, -0.05) is 29.8 Å². The summed E-state index contributed by atoms with van der Waals surface area (Å²) in [7, 11) is 0. The zero-order valence-electron chi connectivity index (χ0n) is 21.9. The number of carboxylic acid groups (broad SMARTS) is 1. The Bertz CT molecular complexity index is 1170. The summed E-state index contributed by atoms with van der Waals surface area (Å²) in [5.74, 6) is -2.04. The van der Waals surface area contributed by atoms with Crippen LogP contribution in [0.4, 0.5) is 5.69 Å². The second-order valence-corrected chi connectivity index (χ2v) is 10.9. The monoisotopic (exact) mass is 492 g/mol. The van der Waals surface area contributed by atoms with E-state index in [-0.39, 0.29) is 0 Å². The van der Waals surface area contributed by atoms with Crippen molar-refractivity contribution in [1.29, 1.82) is 0 Å². The van der Waals surface area contributed by atoms with E-state index < -0.39 is 29.5 Å². The number of rotatable bonds is 4. The van der Waals surface area contributed by atoms with E-state index in [2.05, 4.69) is 0 Å². The molecule has 1 unspecified atom stereocenters. The molecule has 2 heterocycles. The first-order valence-corrected chi connectivity index (χ1v) is 12.7. The molecule has 2 aromatic carbocycles. The fraction of sp³-hybridized carbons (Fsp3) is 0.483. The molecule has 0 spiro atoms. The molecule has 0 saturated carbocycles. The molecule has 1 N–H and O–H groups in total. The number of piperidine rings is 1. The molecule has 0 bridgehead atoms. The van der Waals surface area contributed by atoms with Gasteiger partial charge in [-0.15, -0.1) is 0 Å². The maximum absolute atomic E-state index is 13.3. The molecular weight excluding hydrogens is 456 g/mol. The Morgan fingerprint density at radius 1 is 0.944 bits per heavy atom. The number of amides is 2. The first-order valence-electron chi connectivity index (χ1n) is 12.7. The molecule has 7 heteroatoms. The van der Waals surface area contributed by atoms with Crippen LogP contribution in [0.15, 0.2) is 30.3 Å². The van der Waals surface area contributed by atoms with Gasteiger partial charge in [0.05, 0.1) is 5.60 Å². The van der Waals surface area contributed by atoms with Crippen molar-refractivity contribution in [3.63, 3.8) is 0 Å². The van der Waals surface area contributed by atoms with Crippen LogP contribution in [0.25, 0.3) is 11.1 Å². The van der Waals surface area contributed by atoms with Crippen molar-refractivity contribution in [1.82, 2.24) is 4.90 Å². The molecule has 7 nitrogen and oxygen atoms in total. The summed E-state index contributed by atoms with van der Waals surface area (Å²) >= 11 is 0. The van der Waals surface area contributed by atoms with Crippen LogP contribution in [0.3, 0.4) is 0 Å². The maximum Gasteiger partial charge on any atom is 0.337 e. The van der Waals surface area contributed by atoms with Gasteiger partial charge >= 0.3 is 17.8 Å². The second kappa shape index (κ2) is 10.1. The van der Waals surface area contributed by atoms with Gasteiger partial charge in [0.2, 0.25) is 0 Å². The number of hydrogen-bond donors (Lipinski definition) is 1.